The molecule has 1 fully saturated rings. The number of imidazole rings is 1. The van der Waals surface area contributed by atoms with Gasteiger partial charge in [0.2, 0.25) is 0 Å². The summed E-state index contributed by atoms with van der Waals surface area (Å²) in [5, 5.41) is 24.7. The van der Waals surface area contributed by atoms with Crippen LogP contribution in [0.3, 0.4) is 0 Å². The van der Waals surface area contributed by atoms with Gasteiger partial charge in [0.05, 0.1) is 19.5 Å². The summed E-state index contributed by atoms with van der Waals surface area (Å²) in [6, 6.07) is 7.15. The molecule has 0 radical (unpaired) electrons. The maximum Gasteiger partial charge on any atom is 0.459 e. The minimum Gasteiger partial charge on any atom is -0.468 e. The summed E-state index contributed by atoms with van der Waals surface area (Å²) < 4.78 is 37.3. The maximum atomic E-state index is 13.8. The van der Waals surface area contributed by atoms with Crippen LogP contribution >= 0.6 is 7.75 Å². The second kappa shape index (κ2) is 10.3. The van der Waals surface area contributed by atoms with Crippen molar-refractivity contribution in [2.24, 2.45) is 0 Å². The highest BCUT2D eigenvalue weighted by atomic mass is 31.2. The predicted molar refractivity (Wildman–Crippen MR) is 130 cm³/mol. The van der Waals surface area contributed by atoms with Gasteiger partial charge >= 0.3 is 13.7 Å². The highest BCUT2D eigenvalue weighted by molar-refractivity contribution is 7.52. The van der Waals surface area contributed by atoms with Gasteiger partial charge in [0, 0.05) is 0 Å². The van der Waals surface area contributed by atoms with E-state index in [0.717, 1.165) is 0 Å². The first-order valence-corrected chi connectivity index (χ1v) is 12.9. The number of para-hydroxylation sites is 1. The van der Waals surface area contributed by atoms with Crippen molar-refractivity contribution >= 4 is 30.7 Å². The van der Waals surface area contributed by atoms with Crippen molar-refractivity contribution in [3.05, 3.63) is 43.0 Å². The van der Waals surface area contributed by atoms with Crippen LogP contribution in [0, 0.1) is 0 Å². The number of fused-ring (bicyclic) bond motifs is 1. The molecular weight excluding hydrogens is 507 g/mol. The molecule has 14 nitrogen and oxygen atoms in total. The number of hydrogen-bond acceptors (Lipinski definition) is 12. The van der Waals surface area contributed by atoms with Crippen molar-refractivity contribution in [1.29, 1.82) is 0 Å². The van der Waals surface area contributed by atoms with Crippen LogP contribution in [0.5, 0.6) is 5.75 Å². The van der Waals surface area contributed by atoms with Crippen LogP contribution in [-0.4, -0.2) is 72.8 Å². The normalized spacial score (nSPS) is 26.9. The predicted octanol–water partition coefficient (Wildman–Crippen LogP) is 1.16. The number of ether oxygens (including phenoxy) is 2. The Balaban J connectivity index is 1.60. The van der Waals surface area contributed by atoms with Crippen LogP contribution in [0.15, 0.2) is 43.0 Å². The number of aliphatic hydroxyl groups is 2. The number of anilines is 1. The number of aliphatic hydroxyl groups excluding tert-OH is 1. The van der Waals surface area contributed by atoms with E-state index in [4.69, 9.17) is 24.3 Å². The van der Waals surface area contributed by atoms with Crippen molar-refractivity contribution in [2.45, 2.75) is 57.0 Å². The number of nitrogen functional groups attached to an aromatic ring is 1. The molecular formula is C22H29N6O8P. The van der Waals surface area contributed by atoms with Gasteiger partial charge in [-0.25, -0.2) is 19.5 Å². The second-order valence-electron chi connectivity index (χ2n) is 8.79. The molecule has 4 rings (SSSR count). The Hall–Kier alpha value is -3.13. The standard InChI is InChI=1S/C22H29N6O8P/c1-12(20(30)33-4)27-37(32,36-14-8-6-5-7-9-14)35-13(2)16-17(29)22(3,31)21(34-16)28-11-26-15-18(23)24-10-25-19(15)28/h5-13,16-17,21,29,31H,1-4H3,(H,27,32)(H2,23,24,25)/t12-,13-,16-,17-,21-,22-,37+/m1/s1. The molecule has 15 heteroatoms. The molecule has 1 saturated heterocycles. The van der Waals surface area contributed by atoms with Crippen molar-refractivity contribution in [2.75, 3.05) is 12.8 Å². The lowest BCUT2D eigenvalue weighted by Gasteiger charge is -2.29. The fraction of sp³-hybridized carbons (Fsp3) is 0.455. The molecule has 1 aliphatic rings. The number of nitrogens with zero attached hydrogens (tertiary/aromatic N) is 4. The maximum absolute atomic E-state index is 13.8. The summed E-state index contributed by atoms with van der Waals surface area (Å²) in [7, 11) is -3.06. The zero-order valence-corrected chi connectivity index (χ0v) is 21.5. The van der Waals surface area contributed by atoms with Gasteiger partial charge in [-0.05, 0) is 32.9 Å². The van der Waals surface area contributed by atoms with Crippen LogP contribution in [0.1, 0.15) is 27.0 Å². The molecule has 3 aromatic rings. The zero-order valence-electron chi connectivity index (χ0n) is 20.6. The van der Waals surface area contributed by atoms with Gasteiger partial charge in [0.1, 0.15) is 41.4 Å². The lowest BCUT2D eigenvalue weighted by atomic mass is 9.94. The summed E-state index contributed by atoms with van der Waals surface area (Å²) in [5.74, 6) is -0.343. The van der Waals surface area contributed by atoms with E-state index in [2.05, 4.69) is 20.0 Å². The van der Waals surface area contributed by atoms with Gasteiger partial charge in [-0.15, -0.1) is 0 Å². The van der Waals surface area contributed by atoms with Crippen molar-refractivity contribution in [1.82, 2.24) is 24.6 Å². The Morgan fingerprint density at radius 2 is 1.97 bits per heavy atom. The molecule has 0 aliphatic carbocycles. The summed E-state index contributed by atoms with van der Waals surface area (Å²) in [4.78, 5) is 24.2. The average Bonchev–Trinajstić information content (AvgIpc) is 3.38. The number of carbonyl (C=O) groups excluding carboxylic acids is 1. The van der Waals surface area contributed by atoms with Crippen LogP contribution in [0.4, 0.5) is 5.82 Å². The topological polar surface area (TPSA) is 193 Å². The Bertz CT molecular complexity index is 1300. The molecule has 0 amide bonds. The van der Waals surface area contributed by atoms with Gasteiger partial charge in [-0.1, -0.05) is 18.2 Å². The summed E-state index contributed by atoms with van der Waals surface area (Å²) in [6.07, 6.45) is -2.34. The SMILES string of the molecule is COC(=O)[C@@H](C)N[P@@](=O)(Oc1ccccc1)O[C@H](C)[C@H]1O[C@@H](n2cnc3c(N)ncnc32)[C@](C)(O)[C@@H]1O. The number of benzene rings is 1. The molecule has 0 spiro atoms. The molecule has 1 aliphatic heterocycles. The van der Waals surface area contributed by atoms with Crippen LogP contribution in [0.2, 0.25) is 0 Å². The van der Waals surface area contributed by atoms with E-state index in [-0.39, 0.29) is 17.2 Å². The van der Waals surface area contributed by atoms with Crippen LogP contribution in [-0.2, 0) is 23.4 Å². The molecule has 200 valence electrons. The molecule has 7 atom stereocenters. The van der Waals surface area contributed by atoms with E-state index in [1.54, 1.807) is 30.3 Å². The first kappa shape index (κ1) is 26.9. The van der Waals surface area contributed by atoms with Gasteiger partial charge in [-0.2, -0.15) is 5.09 Å². The third-order valence-corrected chi connectivity index (χ3v) is 7.74. The van der Waals surface area contributed by atoms with Crippen LogP contribution in [0.25, 0.3) is 11.2 Å². The third-order valence-electron chi connectivity index (χ3n) is 5.98. The summed E-state index contributed by atoms with van der Waals surface area (Å²) in [5.41, 5.74) is 4.60. The third kappa shape index (κ3) is 5.30. The number of aromatic nitrogens is 4. The number of nitrogens with one attached hydrogen (secondary N) is 1. The monoisotopic (exact) mass is 536 g/mol. The molecule has 5 N–H and O–H groups in total. The van der Waals surface area contributed by atoms with Gasteiger partial charge in [0.25, 0.3) is 0 Å². The fourth-order valence-electron chi connectivity index (χ4n) is 4.04. The average molecular weight is 536 g/mol. The largest absolute Gasteiger partial charge is 0.468 e. The van der Waals surface area contributed by atoms with E-state index in [9.17, 15) is 19.6 Å². The molecule has 0 bridgehead atoms. The van der Waals surface area contributed by atoms with E-state index < -0.39 is 49.9 Å². The first-order valence-electron chi connectivity index (χ1n) is 11.3. The number of nitrogens with two attached hydrogens (primary N) is 1. The zero-order chi connectivity index (χ0) is 27.0. The van der Waals surface area contributed by atoms with Crippen LogP contribution < -0.4 is 15.3 Å². The van der Waals surface area contributed by atoms with Crippen molar-refractivity contribution < 1.29 is 38.1 Å². The van der Waals surface area contributed by atoms with Gasteiger partial charge in [-0.3, -0.25) is 13.9 Å². The van der Waals surface area contributed by atoms with Crippen molar-refractivity contribution in [3.8, 4) is 5.75 Å². The van der Waals surface area contributed by atoms with E-state index in [1.807, 2.05) is 0 Å². The van der Waals surface area contributed by atoms with E-state index in [1.165, 1.54) is 45.1 Å². The highest BCUT2D eigenvalue weighted by Crippen LogP contribution is 2.49. The Kier molecular flexibility index (Phi) is 7.51. The number of carbonyl (C=O) groups is 1. The fourth-order valence-corrected chi connectivity index (χ4v) is 5.73. The number of methoxy groups -OCH3 is 1. The van der Waals surface area contributed by atoms with Crippen molar-refractivity contribution in [3.63, 3.8) is 0 Å². The summed E-state index contributed by atoms with van der Waals surface area (Å²) >= 11 is 0. The Morgan fingerprint density at radius 1 is 1.27 bits per heavy atom. The minimum absolute atomic E-state index is 0.139. The molecule has 0 unspecified atom stereocenters. The lowest BCUT2D eigenvalue weighted by Crippen LogP contribution is -2.46. The Labute approximate surface area is 212 Å². The number of rotatable bonds is 9. The molecule has 2 aromatic heterocycles. The summed E-state index contributed by atoms with van der Waals surface area (Å²) in [6.45, 7) is 4.30. The highest BCUT2D eigenvalue weighted by Gasteiger charge is 2.56. The van der Waals surface area contributed by atoms with E-state index in [0.29, 0.717) is 5.52 Å². The first-order chi connectivity index (χ1) is 17.5. The number of esters is 1. The lowest BCUT2D eigenvalue weighted by molar-refractivity contribution is -0.142. The molecule has 0 saturated carbocycles. The molecule has 3 heterocycles. The van der Waals surface area contributed by atoms with Gasteiger partial charge in [0.15, 0.2) is 17.7 Å². The van der Waals surface area contributed by atoms with Gasteiger partial charge < -0.3 is 29.9 Å². The quantitative estimate of drug-likeness (QED) is 0.225. The van der Waals surface area contributed by atoms with E-state index >= 15 is 0 Å². The number of hydrogen-bond donors (Lipinski definition) is 4. The minimum atomic E-state index is -4.25. The second-order valence-corrected chi connectivity index (χ2v) is 10.4. The molecule has 37 heavy (non-hydrogen) atoms. The Morgan fingerprint density at radius 3 is 2.65 bits per heavy atom. The smallest absolute Gasteiger partial charge is 0.459 e. The molecule has 1 aromatic carbocycles.